The van der Waals surface area contributed by atoms with E-state index < -0.39 is 34.9 Å². The van der Waals surface area contributed by atoms with Crippen LogP contribution in [0.4, 0.5) is 11.4 Å². The van der Waals surface area contributed by atoms with Gasteiger partial charge in [0.25, 0.3) is 0 Å². The van der Waals surface area contributed by atoms with Crippen molar-refractivity contribution in [2.24, 2.45) is 5.92 Å². The highest BCUT2D eigenvalue weighted by Crippen LogP contribution is 2.54. The number of rotatable bonds is 7. The zero-order chi connectivity index (χ0) is 33.6. The Morgan fingerprint density at radius 2 is 1.57 bits per heavy atom. The maximum absolute atomic E-state index is 14.2. The SMILES string of the molecule is CCOC(=O)c1ccc(N2C(=O)[C@@H]3[C@H](c4ccc(C(C)(C)C)cc4)c4sc(=O)n(CC(=O)Nc5ccc(Cl)cc5)c4S[C@@H]3C2=O)cc1. The molecule has 12 heteroatoms. The Kier molecular flexibility index (Phi) is 8.90. The summed E-state index contributed by atoms with van der Waals surface area (Å²) >= 11 is 8.11. The lowest BCUT2D eigenvalue weighted by Gasteiger charge is -2.31. The number of nitrogens with zero attached hydrogens (tertiary/aromatic N) is 2. The molecule has 3 amide bonds. The summed E-state index contributed by atoms with van der Waals surface area (Å²) in [4.78, 5) is 68.5. The molecule has 9 nitrogen and oxygen atoms in total. The molecule has 0 unspecified atom stereocenters. The third kappa shape index (κ3) is 6.27. The molecule has 0 spiro atoms. The number of carbonyl (C=O) groups is 4. The zero-order valence-corrected chi connectivity index (χ0v) is 28.5. The molecule has 1 aromatic heterocycles. The molecule has 47 heavy (non-hydrogen) atoms. The number of thiazole rings is 1. The minimum atomic E-state index is -0.841. The number of aromatic nitrogens is 1. The fourth-order valence-electron chi connectivity index (χ4n) is 5.90. The lowest BCUT2D eigenvalue weighted by atomic mass is 9.81. The number of halogens is 1. The van der Waals surface area contributed by atoms with Crippen molar-refractivity contribution < 1.29 is 23.9 Å². The topological polar surface area (TPSA) is 115 Å². The fourth-order valence-corrected chi connectivity index (χ4v) is 8.80. The summed E-state index contributed by atoms with van der Waals surface area (Å²) in [6.07, 6.45) is 0. The van der Waals surface area contributed by atoms with Gasteiger partial charge in [0, 0.05) is 21.5 Å². The van der Waals surface area contributed by atoms with Crippen LogP contribution in [0.1, 0.15) is 60.0 Å². The molecular formula is C35H32ClN3O6S2. The Labute approximate surface area is 284 Å². The second-order valence-corrected chi connectivity index (χ2v) is 14.9. The fraction of sp³-hybridized carbons (Fsp3) is 0.286. The van der Waals surface area contributed by atoms with Gasteiger partial charge in [0.1, 0.15) is 11.8 Å². The van der Waals surface area contributed by atoms with E-state index in [1.54, 1.807) is 43.3 Å². The zero-order valence-electron chi connectivity index (χ0n) is 26.1. The van der Waals surface area contributed by atoms with Crippen molar-refractivity contribution >= 4 is 69.8 Å². The molecule has 1 fully saturated rings. The molecule has 2 aliphatic heterocycles. The largest absolute Gasteiger partial charge is 0.462 e. The number of nitrogens with one attached hydrogen (secondary N) is 1. The summed E-state index contributed by atoms with van der Waals surface area (Å²) in [5.74, 6) is -3.11. The number of ether oxygens (including phenoxy) is 1. The Bertz CT molecular complexity index is 1930. The summed E-state index contributed by atoms with van der Waals surface area (Å²) in [7, 11) is 0. The van der Waals surface area contributed by atoms with Gasteiger partial charge >= 0.3 is 10.8 Å². The van der Waals surface area contributed by atoms with Crippen LogP contribution >= 0.6 is 34.7 Å². The number of esters is 1. The number of benzene rings is 3. The first-order chi connectivity index (χ1) is 22.4. The Morgan fingerprint density at radius 3 is 2.19 bits per heavy atom. The van der Waals surface area contributed by atoms with Gasteiger partial charge in [-0.2, -0.15) is 0 Å². The van der Waals surface area contributed by atoms with E-state index in [4.69, 9.17) is 16.3 Å². The van der Waals surface area contributed by atoms with Crippen molar-refractivity contribution in [2.75, 3.05) is 16.8 Å². The highest BCUT2D eigenvalue weighted by molar-refractivity contribution is 8.00. The van der Waals surface area contributed by atoms with Gasteiger partial charge in [-0.15, -0.1) is 0 Å². The number of amides is 3. The molecule has 2 aliphatic rings. The number of thioether (sulfide) groups is 1. The molecule has 242 valence electrons. The summed E-state index contributed by atoms with van der Waals surface area (Å²) in [6, 6.07) is 20.7. The number of fused-ring (bicyclic) bond motifs is 2. The summed E-state index contributed by atoms with van der Waals surface area (Å²) in [6.45, 7) is 8.00. The monoisotopic (exact) mass is 689 g/mol. The molecular weight excluding hydrogens is 658 g/mol. The van der Waals surface area contributed by atoms with Gasteiger partial charge in [0.15, 0.2) is 0 Å². The van der Waals surface area contributed by atoms with Gasteiger partial charge in [-0.05, 0) is 72.0 Å². The van der Waals surface area contributed by atoms with Crippen LogP contribution in [-0.2, 0) is 31.1 Å². The summed E-state index contributed by atoms with van der Waals surface area (Å²) in [5.41, 5.74) is 2.97. The van der Waals surface area contributed by atoms with E-state index in [1.807, 2.05) is 24.3 Å². The third-order valence-corrected chi connectivity index (χ3v) is 11.1. The van der Waals surface area contributed by atoms with Gasteiger partial charge in [0.05, 0.1) is 28.8 Å². The third-order valence-electron chi connectivity index (χ3n) is 8.25. The predicted molar refractivity (Wildman–Crippen MR) is 184 cm³/mol. The van der Waals surface area contributed by atoms with Crippen molar-refractivity contribution in [3.05, 3.63) is 109 Å². The first-order valence-corrected chi connectivity index (χ1v) is 17.2. The van der Waals surface area contributed by atoms with Gasteiger partial charge in [0.2, 0.25) is 17.7 Å². The minimum Gasteiger partial charge on any atom is -0.462 e. The lowest BCUT2D eigenvalue weighted by Crippen LogP contribution is -2.33. The van der Waals surface area contributed by atoms with Crippen LogP contribution in [0.2, 0.25) is 5.02 Å². The summed E-state index contributed by atoms with van der Waals surface area (Å²) in [5, 5.41) is 2.97. The van der Waals surface area contributed by atoms with Crippen LogP contribution < -0.4 is 15.1 Å². The molecule has 4 aromatic rings. The maximum Gasteiger partial charge on any atom is 0.338 e. The molecule has 0 aliphatic carbocycles. The van der Waals surface area contributed by atoms with Crippen LogP contribution in [0.3, 0.4) is 0 Å². The molecule has 3 atom stereocenters. The number of anilines is 2. The average Bonchev–Trinajstić information content (AvgIpc) is 3.48. The first-order valence-electron chi connectivity index (χ1n) is 15.1. The van der Waals surface area contributed by atoms with Gasteiger partial charge in [-0.3, -0.25) is 23.7 Å². The van der Waals surface area contributed by atoms with Gasteiger partial charge < -0.3 is 10.1 Å². The van der Waals surface area contributed by atoms with Gasteiger partial charge in [-0.25, -0.2) is 9.69 Å². The molecule has 3 aromatic carbocycles. The van der Waals surface area contributed by atoms with Crippen LogP contribution in [-0.4, -0.2) is 40.1 Å². The smallest absolute Gasteiger partial charge is 0.338 e. The number of carbonyl (C=O) groups excluding carboxylic acids is 4. The van der Waals surface area contributed by atoms with E-state index in [2.05, 4.69) is 26.1 Å². The second-order valence-electron chi connectivity index (χ2n) is 12.4. The number of hydrogen-bond donors (Lipinski definition) is 1. The van der Waals surface area contributed by atoms with Crippen molar-refractivity contribution in [3.63, 3.8) is 0 Å². The minimum absolute atomic E-state index is 0.105. The van der Waals surface area contributed by atoms with Crippen LogP contribution in [0.25, 0.3) is 0 Å². The highest BCUT2D eigenvalue weighted by Gasteiger charge is 2.56. The van der Waals surface area contributed by atoms with Crippen LogP contribution in [0.15, 0.2) is 82.6 Å². The molecule has 6 rings (SSSR count). The van der Waals surface area contributed by atoms with E-state index in [0.29, 0.717) is 31.9 Å². The van der Waals surface area contributed by atoms with Crippen LogP contribution in [0, 0.1) is 5.92 Å². The molecule has 0 radical (unpaired) electrons. The lowest BCUT2D eigenvalue weighted by molar-refractivity contribution is -0.122. The maximum atomic E-state index is 14.2. The van der Waals surface area contributed by atoms with Crippen molar-refractivity contribution in [1.82, 2.24) is 4.57 Å². The summed E-state index contributed by atoms with van der Waals surface area (Å²) < 4.78 is 6.45. The quantitative estimate of drug-likeness (QED) is 0.175. The van der Waals surface area contributed by atoms with E-state index in [-0.39, 0.29) is 29.3 Å². The predicted octanol–water partition coefficient (Wildman–Crippen LogP) is 6.47. The van der Waals surface area contributed by atoms with Crippen LogP contribution in [0.5, 0.6) is 0 Å². The number of hydrogen-bond acceptors (Lipinski definition) is 8. The molecule has 3 heterocycles. The normalized spacial score (nSPS) is 18.9. The Balaban J connectivity index is 1.39. The number of imide groups is 1. The Hall–Kier alpha value is -4.19. The molecule has 1 N–H and O–H groups in total. The Morgan fingerprint density at radius 1 is 0.915 bits per heavy atom. The van der Waals surface area contributed by atoms with Crippen molar-refractivity contribution in [3.8, 4) is 0 Å². The molecule has 0 bridgehead atoms. The second kappa shape index (κ2) is 12.8. The highest BCUT2D eigenvalue weighted by atomic mass is 35.5. The first kappa shape index (κ1) is 32.7. The average molecular weight is 690 g/mol. The van der Waals surface area contributed by atoms with E-state index in [1.165, 1.54) is 21.6 Å². The van der Waals surface area contributed by atoms with E-state index >= 15 is 0 Å². The van der Waals surface area contributed by atoms with E-state index in [0.717, 1.165) is 34.2 Å². The van der Waals surface area contributed by atoms with Crippen molar-refractivity contribution in [1.29, 1.82) is 0 Å². The van der Waals surface area contributed by atoms with Gasteiger partial charge in [-0.1, -0.05) is 79.7 Å². The van der Waals surface area contributed by atoms with E-state index in [9.17, 15) is 24.0 Å². The van der Waals surface area contributed by atoms with Crippen molar-refractivity contribution in [2.45, 2.75) is 55.8 Å². The molecule has 0 saturated carbocycles. The standard InChI is InChI=1S/C35H32ClN3O6S2/c1-5-45-33(43)20-8-16-24(17-9-20)39-30(41)27-26(19-6-10-21(11-7-19)35(2,3)4)29-32(46-28(27)31(39)42)38(34(44)47-29)18-25(40)37-23-14-12-22(36)13-15-23/h6-17,26-28H,5,18H2,1-4H3,(H,37,40)/t26-,27+,28-/m0/s1. The molecule has 1 saturated heterocycles.